The fourth-order valence-electron chi connectivity index (χ4n) is 1.14. The third-order valence-corrected chi connectivity index (χ3v) is 2.86. The third kappa shape index (κ3) is 2.67. The number of hydrogen-bond acceptors (Lipinski definition) is 4. The highest BCUT2D eigenvalue weighted by Gasteiger charge is 2.05. The van der Waals surface area contributed by atoms with E-state index in [1.165, 1.54) is 11.5 Å². The predicted octanol–water partition coefficient (Wildman–Crippen LogP) is 3.08. The van der Waals surface area contributed by atoms with E-state index in [1.54, 1.807) is 0 Å². The lowest BCUT2D eigenvalue weighted by molar-refractivity contribution is 0.301. The quantitative estimate of drug-likeness (QED) is 0.827. The van der Waals surface area contributed by atoms with E-state index in [1.807, 2.05) is 31.2 Å². The summed E-state index contributed by atoms with van der Waals surface area (Å²) < 4.78 is 9.85. The van der Waals surface area contributed by atoms with Crippen LogP contribution in [0.3, 0.4) is 0 Å². The van der Waals surface area contributed by atoms with E-state index in [-0.39, 0.29) is 0 Å². The minimum atomic E-state index is 0.360. The molecule has 0 aliphatic carbocycles. The maximum atomic E-state index is 5.85. The number of benzene rings is 1. The number of hydrogen-bond donors (Lipinski definition) is 0. The molecule has 1 aromatic carbocycles. The minimum absolute atomic E-state index is 0.360. The highest BCUT2D eigenvalue weighted by Crippen LogP contribution is 2.20. The average molecular weight is 241 g/mol. The standard InChI is InChI=1S/C10H9ClN2OS/c1-7-3-2-4-8(5-7)14-6-9-10(11)15-13-12-9/h2-5H,6H2,1H3. The van der Waals surface area contributed by atoms with Crippen LogP contribution < -0.4 is 4.74 Å². The maximum Gasteiger partial charge on any atom is 0.141 e. The second-order valence-electron chi connectivity index (χ2n) is 3.10. The summed E-state index contributed by atoms with van der Waals surface area (Å²) in [6.45, 7) is 2.38. The molecule has 0 spiro atoms. The van der Waals surface area contributed by atoms with Gasteiger partial charge in [0.1, 0.15) is 22.4 Å². The molecular weight excluding hydrogens is 232 g/mol. The van der Waals surface area contributed by atoms with Gasteiger partial charge in [0, 0.05) is 11.5 Å². The minimum Gasteiger partial charge on any atom is -0.487 e. The molecule has 0 amide bonds. The van der Waals surface area contributed by atoms with Crippen molar-refractivity contribution < 1.29 is 4.74 Å². The molecule has 0 saturated heterocycles. The predicted molar refractivity (Wildman–Crippen MR) is 60.4 cm³/mol. The van der Waals surface area contributed by atoms with E-state index in [0.29, 0.717) is 16.6 Å². The SMILES string of the molecule is Cc1cccc(OCc2nnsc2Cl)c1. The summed E-state index contributed by atoms with van der Waals surface area (Å²) in [4.78, 5) is 0. The van der Waals surface area contributed by atoms with Crippen molar-refractivity contribution in [1.29, 1.82) is 0 Å². The Hall–Kier alpha value is -1.13. The average Bonchev–Trinajstić information content (AvgIpc) is 2.61. The first kappa shape index (κ1) is 10.4. The lowest BCUT2D eigenvalue weighted by atomic mass is 10.2. The summed E-state index contributed by atoms with van der Waals surface area (Å²) in [5.74, 6) is 0.819. The molecule has 0 bridgehead atoms. The van der Waals surface area contributed by atoms with Gasteiger partial charge in [0.15, 0.2) is 0 Å². The molecule has 0 atom stereocenters. The third-order valence-electron chi connectivity index (χ3n) is 1.87. The summed E-state index contributed by atoms with van der Waals surface area (Å²) in [5.41, 5.74) is 1.85. The molecule has 2 rings (SSSR count). The molecule has 0 saturated carbocycles. The van der Waals surface area contributed by atoms with Crippen LogP contribution in [0.15, 0.2) is 24.3 Å². The smallest absolute Gasteiger partial charge is 0.141 e. The van der Waals surface area contributed by atoms with Crippen LogP contribution in [0, 0.1) is 6.92 Å². The number of nitrogens with zero attached hydrogens (tertiary/aromatic N) is 2. The van der Waals surface area contributed by atoms with Gasteiger partial charge in [-0.3, -0.25) is 0 Å². The topological polar surface area (TPSA) is 35.0 Å². The largest absolute Gasteiger partial charge is 0.487 e. The van der Waals surface area contributed by atoms with Gasteiger partial charge < -0.3 is 4.74 Å². The Morgan fingerprint density at radius 3 is 3.00 bits per heavy atom. The van der Waals surface area contributed by atoms with Gasteiger partial charge in [-0.2, -0.15) is 0 Å². The highest BCUT2D eigenvalue weighted by molar-refractivity contribution is 7.10. The Labute approximate surface area is 96.8 Å². The van der Waals surface area contributed by atoms with E-state index in [2.05, 4.69) is 9.59 Å². The van der Waals surface area contributed by atoms with Crippen molar-refractivity contribution in [3.05, 3.63) is 39.9 Å². The van der Waals surface area contributed by atoms with Crippen LogP contribution in [0.4, 0.5) is 0 Å². The van der Waals surface area contributed by atoms with Gasteiger partial charge in [-0.15, -0.1) is 5.10 Å². The summed E-state index contributed by atoms with van der Waals surface area (Å²) in [5, 5.41) is 3.86. The second kappa shape index (κ2) is 4.59. The first-order chi connectivity index (χ1) is 7.25. The molecule has 15 heavy (non-hydrogen) atoms. The zero-order chi connectivity index (χ0) is 10.7. The van der Waals surface area contributed by atoms with Crippen LogP contribution in [0.2, 0.25) is 4.34 Å². The van der Waals surface area contributed by atoms with Crippen LogP contribution in [0.1, 0.15) is 11.3 Å². The van der Waals surface area contributed by atoms with Gasteiger partial charge in [-0.25, -0.2) is 0 Å². The molecule has 0 unspecified atom stereocenters. The van der Waals surface area contributed by atoms with Gasteiger partial charge in [0.25, 0.3) is 0 Å². The normalized spacial score (nSPS) is 10.3. The molecule has 0 fully saturated rings. The molecular formula is C10H9ClN2OS. The van der Waals surface area contributed by atoms with Crippen LogP contribution in [-0.4, -0.2) is 9.59 Å². The van der Waals surface area contributed by atoms with E-state index < -0.39 is 0 Å². The van der Waals surface area contributed by atoms with Crippen molar-refractivity contribution in [2.75, 3.05) is 0 Å². The van der Waals surface area contributed by atoms with Crippen molar-refractivity contribution >= 4 is 23.1 Å². The monoisotopic (exact) mass is 240 g/mol. The lowest BCUT2D eigenvalue weighted by Crippen LogP contribution is -1.96. The van der Waals surface area contributed by atoms with Crippen LogP contribution in [0.25, 0.3) is 0 Å². The lowest BCUT2D eigenvalue weighted by Gasteiger charge is -2.04. The Kier molecular flexibility index (Phi) is 3.18. The molecule has 5 heteroatoms. The summed E-state index contributed by atoms with van der Waals surface area (Å²) in [6, 6.07) is 7.84. The summed E-state index contributed by atoms with van der Waals surface area (Å²) in [7, 11) is 0. The molecule has 0 radical (unpaired) electrons. The molecule has 2 aromatic rings. The van der Waals surface area contributed by atoms with Crippen molar-refractivity contribution in [3.8, 4) is 5.75 Å². The van der Waals surface area contributed by atoms with E-state index in [4.69, 9.17) is 16.3 Å². The van der Waals surface area contributed by atoms with Crippen molar-refractivity contribution in [3.63, 3.8) is 0 Å². The molecule has 0 aliphatic heterocycles. The van der Waals surface area contributed by atoms with Crippen molar-refractivity contribution in [1.82, 2.24) is 9.59 Å². The van der Waals surface area contributed by atoms with Crippen LogP contribution in [0.5, 0.6) is 5.75 Å². The van der Waals surface area contributed by atoms with E-state index >= 15 is 0 Å². The maximum absolute atomic E-state index is 5.85. The zero-order valence-corrected chi connectivity index (χ0v) is 9.68. The number of ether oxygens (including phenoxy) is 1. The second-order valence-corrected chi connectivity index (χ2v) is 4.45. The Bertz CT molecular complexity index is 458. The van der Waals surface area contributed by atoms with Crippen LogP contribution >= 0.6 is 23.1 Å². The van der Waals surface area contributed by atoms with E-state index in [0.717, 1.165) is 11.3 Å². The molecule has 0 aliphatic rings. The Morgan fingerprint density at radius 2 is 2.33 bits per heavy atom. The van der Waals surface area contributed by atoms with Gasteiger partial charge in [0.2, 0.25) is 0 Å². The fourth-order valence-corrected chi connectivity index (χ4v) is 1.74. The molecule has 0 N–H and O–H groups in total. The number of aromatic nitrogens is 2. The van der Waals surface area contributed by atoms with Crippen molar-refractivity contribution in [2.24, 2.45) is 0 Å². The van der Waals surface area contributed by atoms with Gasteiger partial charge in [0.05, 0.1) is 0 Å². The molecule has 3 nitrogen and oxygen atoms in total. The van der Waals surface area contributed by atoms with Gasteiger partial charge in [-0.05, 0) is 24.6 Å². The van der Waals surface area contributed by atoms with Gasteiger partial charge >= 0.3 is 0 Å². The molecule has 78 valence electrons. The van der Waals surface area contributed by atoms with E-state index in [9.17, 15) is 0 Å². The highest BCUT2D eigenvalue weighted by atomic mass is 35.5. The Morgan fingerprint density at radius 1 is 1.47 bits per heavy atom. The first-order valence-corrected chi connectivity index (χ1v) is 5.57. The van der Waals surface area contributed by atoms with Crippen LogP contribution in [-0.2, 0) is 6.61 Å². The molecule has 1 aromatic heterocycles. The Balaban J connectivity index is 2.02. The summed E-state index contributed by atoms with van der Waals surface area (Å²) in [6.07, 6.45) is 0. The first-order valence-electron chi connectivity index (χ1n) is 4.42. The number of halogens is 1. The summed E-state index contributed by atoms with van der Waals surface area (Å²) >= 11 is 7.02. The zero-order valence-electron chi connectivity index (χ0n) is 8.11. The van der Waals surface area contributed by atoms with Crippen molar-refractivity contribution in [2.45, 2.75) is 13.5 Å². The fraction of sp³-hybridized carbons (Fsp3) is 0.200. The molecule has 1 heterocycles. The van der Waals surface area contributed by atoms with Gasteiger partial charge in [-0.1, -0.05) is 28.2 Å². The number of rotatable bonds is 3. The number of aryl methyl sites for hydroxylation is 1.